The van der Waals surface area contributed by atoms with Crippen molar-refractivity contribution >= 4 is 34.9 Å². The van der Waals surface area contributed by atoms with Crippen LogP contribution >= 0.6 is 11.6 Å². The van der Waals surface area contributed by atoms with Crippen LogP contribution in [-0.4, -0.2) is 30.4 Å². The second kappa shape index (κ2) is 9.01. The quantitative estimate of drug-likeness (QED) is 0.591. The molecule has 1 unspecified atom stereocenters. The molecule has 0 fully saturated rings. The van der Waals surface area contributed by atoms with Gasteiger partial charge in [0.25, 0.3) is 5.91 Å². The first kappa shape index (κ1) is 19.5. The molecule has 0 heterocycles. The Labute approximate surface area is 156 Å². The number of ether oxygens (including phenoxy) is 2. The van der Waals surface area contributed by atoms with E-state index < -0.39 is 18.0 Å². The largest absolute Gasteiger partial charge is 0.482 e. The third kappa shape index (κ3) is 5.89. The van der Waals surface area contributed by atoms with E-state index in [4.69, 9.17) is 21.1 Å². The number of hydrogen-bond donors (Lipinski definition) is 1. The highest BCUT2D eigenvalue weighted by Gasteiger charge is 2.18. The Morgan fingerprint density at radius 2 is 1.81 bits per heavy atom. The minimum absolute atomic E-state index is 0.0597. The lowest BCUT2D eigenvalue weighted by Gasteiger charge is -2.14. The second-order valence-electron chi connectivity index (χ2n) is 5.50. The van der Waals surface area contributed by atoms with E-state index in [1.807, 2.05) is 0 Å². The van der Waals surface area contributed by atoms with E-state index in [9.17, 15) is 14.4 Å². The van der Waals surface area contributed by atoms with Gasteiger partial charge in [-0.3, -0.25) is 9.59 Å². The van der Waals surface area contributed by atoms with E-state index in [1.165, 1.54) is 13.8 Å². The van der Waals surface area contributed by atoms with Crippen LogP contribution in [0.4, 0.5) is 5.69 Å². The van der Waals surface area contributed by atoms with Crippen molar-refractivity contribution in [1.82, 2.24) is 0 Å². The first-order valence-corrected chi connectivity index (χ1v) is 8.22. The molecule has 0 saturated heterocycles. The molecule has 7 heteroatoms. The molecule has 0 aliphatic heterocycles. The summed E-state index contributed by atoms with van der Waals surface area (Å²) in [6, 6.07) is 13.0. The van der Waals surface area contributed by atoms with Crippen molar-refractivity contribution in [3.63, 3.8) is 0 Å². The lowest BCUT2D eigenvalue weighted by molar-refractivity contribution is -0.155. The Morgan fingerprint density at radius 3 is 2.42 bits per heavy atom. The number of ketones is 1. The fraction of sp³-hybridized carbons (Fsp3) is 0.211. The molecule has 0 bridgehead atoms. The van der Waals surface area contributed by atoms with Gasteiger partial charge in [-0.05, 0) is 56.3 Å². The molecular weight excluding hydrogens is 358 g/mol. The molecule has 0 radical (unpaired) electrons. The summed E-state index contributed by atoms with van der Waals surface area (Å²) in [6.07, 6.45) is -0.995. The SMILES string of the molecule is CC(=O)c1ccc(OCC(=O)OC(C)C(=O)Nc2cccc(Cl)c2)cc1. The van der Waals surface area contributed by atoms with Crippen molar-refractivity contribution in [3.8, 4) is 5.75 Å². The van der Waals surface area contributed by atoms with Gasteiger partial charge in [-0.1, -0.05) is 17.7 Å². The Balaban J connectivity index is 1.80. The maximum Gasteiger partial charge on any atom is 0.344 e. The molecule has 0 spiro atoms. The van der Waals surface area contributed by atoms with Crippen LogP contribution in [0.25, 0.3) is 0 Å². The maximum absolute atomic E-state index is 12.0. The number of benzene rings is 2. The van der Waals surface area contributed by atoms with Crippen molar-refractivity contribution in [1.29, 1.82) is 0 Å². The Kier molecular flexibility index (Phi) is 6.74. The molecule has 0 saturated carbocycles. The smallest absolute Gasteiger partial charge is 0.344 e. The molecule has 2 aromatic carbocycles. The molecule has 2 aromatic rings. The highest BCUT2D eigenvalue weighted by Crippen LogP contribution is 2.15. The van der Waals surface area contributed by atoms with Gasteiger partial charge in [0.2, 0.25) is 0 Å². The van der Waals surface area contributed by atoms with E-state index in [1.54, 1.807) is 48.5 Å². The molecule has 0 aliphatic carbocycles. The summed E-state index contributed by atoms with van der Waals surface area (Å²) in [7, 11) is 0. The van der Waals surface area contributed by atoms with Gasteiger partial charge in [-0.2, -0.15) is 0 Å². The molecule has 26 heavy (non-hydrogen) atoms. The summed E-state index contributed by atoms with van der Waals surface area (Å²) in [4.78, 5) is 35.0. The van der Waals surface area contributed by atoms with Crippen LogP contribution in [0.3, 0.4) is 0 Å². The standard InChI is InChI=1S/C19H18ClNO5/c1-12(22)14-6-8-17(9-7-14)25-11-18(23)26-13(2)19(24)21-16-5-3-4-15(20)10-16/h3-10,13H,11H2,1-2H3,(H,21,24). The van der Waals surface area contributed by atoms with Crippen LogP contribution in [0.1, 0.15) is 24.2 Å². The zero-order valence-electron chi connectivity index (χ0n) is 14.3. The molecule has 1 N–H and O–H groups in total. The van der Waals surface area contributed by atoms with Crippen LogP contribution in [0.5, 0.6) is 5.75 Å². The van der Waals surface area contributed by atoms with Gasteiger partial charge < -0.3 is 14.8 Å². The molecule has 6 nitrogen and oxygen atoms in total. The van der Waals surface area contributed by atoms with Crippen LogP contribution < -0.4 is 10.1 Å². The van der Waals surface area contributed by atoms with Crippen LogP contribution in [0.2, 0.25) is 5.02 Å². The number of halogens is 1. The van der Waals surface area contributed by atoms with E-state index in [0.29, 0.717) is 22.0 Å². The predicted molar refractivity (Wildman–Crippen MR) is 97.6 cm³/mol. The summed E-state index contributed by atoms with van der Waals surface area (Å²) in [6.45, 7) is 2.57. The van der Waals surface area contributed by atoms with Gasteiger partial charge in [0.05, 0.1) is 0 Å². The molecule has 136 valence electrons. The van der Waals surface area contributed by atoms with Crippen molar-refractivity contribution in [2.45, 2.75) is 20.0 Å². The van der Waals surface area contributed by atoms with Crippen molar-refractivity contribution in [3.05, 3.63) is 59.1 Å². The van der Waals surface area contributed by atoms with E-state index >= 15 is 0 Å². The van der Waals surface area contributed by atoms with Gasteiger partial charge >= 0.3 is 5.97 Å². The highest BCUT2D eigenvalue weighted by molar-refractivity contribution is 6.30. The van der Waals surface area contributed by atoms with Crippen LogP contribution in [0, 0.1) is 0 Å². The van der Waals surface area contributed by atoms with Gasteiger partial charge in [0.15, 0.2) is 18.5 Å². The number of Topliss-reactive ketones (excluding diaryl/α,β-unsaturated/α-hetero) is 1. The van der Waals surface area contributed by atoms with E-state index in [0.717, 1.165) is 0 Å². The van der Waals surface area contributed by atoms with E-state index in [-0.39, 0.29) is 12.4 Å². The number of nitrogens with one attached hydrogen (secondary N) is 1. The van der Waals surface area contributed by atoms with Crippen LogP contribution in [-0.2, 0) is 14.3 Å². The summed E-state index contributed by atoms with van der Waals surface area (Å²) in [5, 5.41) is 3.09. The minimum Gasteiger partial charge on any atom is -0.482 e. The molecular formula is C19H18ClNO5. The zero-order valence-corrected chi connectivity index (χ0v) is 15.1. The summed E-state index contributed by atoms with van der Waals surface area (Å²) >= 11 is 5.85. The average molecular weight is 376 g/mol. The number of amides is 1. The van der Waals surface area contributed by atoms with Gasteiger partial charge in [0, 0.05) is 16.3 Å². The zero-order chi connectivity index (χ0) is 19.1. The monoisotopic (exact) mass is 375 g/mol. The maximum atomic E-state index is 12.0. The second-order valence-corrected chi connectivity index (χ2v) is 5.94. The summed E-state index contributed by atoms with van der Waals surface area (Å²) in [5.41, 5.74) is 1.05. The lowest BCUT2D eigenvalue weighted by atomic mass is 10.1. The fourth-order valence-electron chi connectivity index (χ4n) is 2.02. The average Bonchev–Trinajstić information content (AvgIpc) is 2.60. The number of hydrogen-bond acceptors (Lipinski definition) is 5. The third-order valence-corrected chi connectivity index (χ3v) is 3.62. The number of anilines is 1. The molecule has 0 aliphatic rings. The third-order valence-electron chi connectivity index (χ3n) is 3.39. The van der Waals surface area contributed by atoms with Crippen molar-refractivity contribution in [2.75, 3.05) is 11.9 Å². The Bertz CT molecular complexity index is 804. The summed E-state index contributed by atoms with van der Waals surface area (Å²) < 4.78 is 10.3. The number of carbonyl (C=O) groups is 3. The van der Waals surface area contributed by atoms with Gasteiger partial charge in [-0.15, -0.1) is 0 Å². The topological polar surface area (TPSA) is 81.7 Å². The van der Waals surface area contributed by atoms with Crippen molar-refractivity contribution < 1.29 is 23.9 Å². The fourth-order valence-corrected chi connectivity index (χ4v) is 2.21. The Hall–Kier alpha value is -2.86. The Morgan fingerprint density at radius 1 is 1.12 bits per heavy atom. The molecule has 2 rings (SSSR count). The summed E-state index contributed by atoms with van der Waals surface area (Å²) in [5.74, 6) is -0.806. The normalized spacial score (nSPS) is 11.3. The first-order chi connectivity index (χ1) is 12.3. The van der Waals surface area contributed by atoms with Crippen LogP contribution in [0.15, 0.2) is 48.5 Å². The van der Waals surface area contributed by atoms with Gasteiger partial charge in [0.1, 0.15) is 5.75 Å². The van der Waals surface area contributed by atoms with Gasteiger partial charge in [-0.25, -0.2) is 4.79 Å². The first-order valence-electron chi connectivity index (χ1n) is 7.85. The number of rotatable bonds is 7. The minimum atomic E-state index is -0.995. The van der Waals surface area contributed by atoms with Crippen molar-refractivity contribution in [2.24, 2.45) is 0 Å². The molecule has 1 amide bonds. The molecule has 1 atom stereocenters. The molecule has 0 aromatic heterocycles. The lowest BCUT2D eigenvalue weighted by Crippen LogP contribution is -2.31. The van der Waals surface area contributed by atoms with E-state index in [2.05, 4.69) is 5.32 Å². The number of esters is 1. The highest BCUT2D eigenvalue weighted by atomic mass is 35.5. The predicted octanol–water partition coefficient (Wildman–Crippen LogP) is 3.49. The number of carbonyl (C=O) groups excluding carboxylic acids is 3.